The first kappa shape index (κ1) is 11.9. The second kappa shape index (κ2) is 5.62. The highest BCUT2D eigenvalue weighted by molar-refractivity contribution is 6.31. The number of allylic oxidation sites excluding steroid dienone is 4. The molecule has 0 spiro atoms. The summed E-state index contributed by atoms with van der Waals surface area (Å²) in [7, 11) is 0. The Labute approximate surface area is 95.7 Å². The summed E-state index contributed by atoms with van der Waals surface area (Å²) < 4.78 is 0. The molecule has 0 saturated heterocycles. The maximum Gasteiger partial charge on any atom is 0.115 e. The molecule has 0 heterocycles. The molecular formula is C13H15ClO. The van der Waals surface area contributed by atoms with Crippen molar-refractivity contribution in [1.29, 1.82) is 0 Å². The molecule has 0 aliphatic carbocycles. The Morgan fingerprint density at radius 2 is 1.80 bits per heavy atom. The van der Waals surface area contributed by atoms with Gasteiger partial charge in [0.2, 0.25) is 0 Å². The minimum absolute atomic E-state index is 0.290. The summed E-state index contributed by atoms with van der Waals surface area (Å²) in [6.45, 7) is 3.89. The van der Waals surface area contributed by atoms with E-state index in [9.17, 15) is 0 Å². The molecule has 1 rings (SSSR count). The van der Waals surface area contributed by atoms with Crippen molar-refractivity contribution in [3.8, 4) is 5.75 Å². The third-order valence-electron chi connectivity index (χ3n) is 2.24. The average molecular weight is 223 g/mol. The molecule has 0 aliphatic rings. The van der Waals surface area contributed by atoms with Crippen LogP contribution in [0.5, 0.6) is 5.75 Å². The Kier molecular flexibility index (Phi) is 4.44. The summed E-state index contributed by atoms with van der Waals surface area (Å²) in [5.41, 5.74) is 2.24. The summed E-state index contributed by atoms with van der Waals surface area (Å²) >= 11 is 6.06. The van der Waals surface area contributed by atoms with Crippen LogP contribution in [-0.2, 0) is 6.42 Å². The van der Waals surface area contributed by atoms with Gasteiger partial charge in [-0.3, -0.25) is 0 Å². The second-order valence-corrected chi connectivity index (χ2v) is 3.70. The summed E-state index contributed by atoms with van der Waals surface area (Å²) in [4.78, 5) is 0. The van der Waals surface area contributed by atoms with Gasteiger partial charge in [0.25, 0.3) is 0 Å². The number of aromatic hydroxyl groups is 1. The van der Waals surface area contributed by atoms with Gasteiger partial charge in [-0.2, -0.15) is 0 Å². The van der Waals surface area contributed by atoms with Crippen molar-refractivity contribution in [1.82, 2.24) is 0 Å². The largest absolute Gasteiger partial charge is 0.508 e. The highest BCUT2D eigenvalue weighted by Crippen LogP contribution is 2.20. The number of phenolic OH excluding ortho intramolecular Hbond substituents is 1. The lowest BCUT2D eigenvalue weighted by Crippen LogP contribution is -1.90. The molecule has 0 fully saturated rings. The lowest BCUT2D eigenvalue weighted by Gasteiger charge is -2.05. The maximum absolute atomic E-state index is 9.15. The fourth-order valence-corrected chi connectivity index (χ4v) is 1.52. The van der Waals surface area contributed by atoms with Crippen LogP contribution in [0.3, 0.4) is 0 Å². The van der Waals surface area contributed by atoms with Crippen molar-refractivity contribution in [2.75, 3.05) is 0 Å². The van der Waals surface area contributed by atoms with Gasteiger partial charge in [0, 0.05) is 5.03 Å². The minimum atomic E-state index is 0.290. The summed E-state index contributed by atoms with van der Waals surface area (Å²) in [6, 6.07) is 7.18. The summed E-state index contributed by atoms with van der Waals surface area (Å²) in [5, 5.41) is 9.93. The van der Waals surface area contributed by atoms with Crippen LogP contribution in [0.2, 0.25) is 0 Å². The van der Waals surface area contributed by atoms with Gasteiger partial charge in [-0.25, -0.2) is 0 Å². The van der Waals surface area contributed by atoms with E-state index in [4.69, 9.17) is 16.7 Å². The zero-order valence-corrected chi connectivity index (χ0v) is 9.75. The Balaban J connectivity index is 2.81. The fourth-order valence-electron chi connectivity index (χ4n) is 1.34. The Morgan fingerprint density at radius 3 is 2.27 bits per heavy atom. The maximum atomic E-state index is 9.15. The van der Waals surface area contributed by atoms with Crippen LogP contribution < -0.4 is 0 Å². The summed E-state index contributed by atoms with van der Waals surface area (Å²) in [6.07, 6.45) is 4.69. The van der Waals surface area contributed by atoms with Crippen molar-refractivity contribution >= 4 is 11.6 Å². The van der Waals surface area contributed by atoms with Gasteiger partial charge >= 0.3 is 0 Å². The molecule has 0 aliphatic heterocycles. The number of benzene rings is 1. The number of halogens is 1. The lowest BCUT2D eigenvalue weighted by atomic mass is 10.0. The van der Waals surface area contributed by atoms with E-state index in [1.165, 1.54) is 0 Å². The molecule has 1 aromatic carbocycles. The van der Waals surface area contributed by atoms with E-state index in [1.807, 2.05) is 38.1 Å². The minimum Gasteiger partial charge on any atom is -0.508 e. The first-order valence-corrected chi connectivity index (χ1v) is 5.30. The van der Waals surface area contributed by atoms with Crippen LogP contribution in [0.1, 0.15) is 19.4 Å². The van der Waals surface area contributed by atoms with Gasteiger partial charge in [-0.05, 0) is 43.5 Å². The smallest absolute Gasteiger partial charge is 0.115 e. The highest BCUT2D eigenvalue weighted by atomic mass is 35.5. The van der Waals surface area contributed by atoms with Crippen LogP contribution in [0.15, 0.2) is 47.0 Å². The van der Waals surface area contributed by atoms with E-state index in [2.05, 4.69) is 0 Å². The number of hydrogen-bond acceptors (Lipinski definition) is 1. The molecule has 0 amide bonds. The monoisotopic (exact) mass is 222 g/mol. The number of rotatable bonds is 3. The molecule has 0 atom stereocenters. The fraction of sp³-hybridized carbons (Fsp3) is 0.231. The third kappa shape index (κ3) is 3.45. The lowest BCUT2D eigenvalue weighted by molar-refractivity contribution is 0.475. The number of phenols is 1. The van der Waals surface area contributed by atoms with Crippen molar-refractivity contribution in [2.45, 2.75) is 20.3 Å². The van der Waals surface area contributed by atoms with Crippen molar-refractivity contribution in [3.05, 3.63) is 52.6 Å². The number of hydrogen-bond donors (Lipinski definition) is 1. The van der Waals surface area contributed by atoms with Crippen LogP contribution in [0.25, 0.3) is 0 Å². The van der Waals surface area contributed by atoms with Crippen molar-refractivity contribution in [3.63, 3.8) is 0 Å². The Morgan fingerprint density at radius 1 is 1.20 bits per heavy atom. The van der Waals surface area contributed by atoms with Gasteiger partial charge in [0.05, 0.1) is 0 Å². The Bertz CT molecular complexity index is 374. The van der Waals surface area contributed by atoms with Gasteiger partial charge in [-0.15, -0.1) is 0 Å². The van der Waals surface area contributed by atoms with Crippen molar-refractivity contribution in [2.24, 2.45) is 0 Å². The van der Waals surface area contributed by atoms with Crippen LogP contribution in [0, 0.1) is 0 Å². The Hall–Kier alpha value is -1.21. The normalized spacial score (nSPS) is 13.0. The van der Waals surface area contributed by atoms with Crippen LogP contribution >= 0.6 is 11.6 Å². The topological polar surface area (TPSA) is 20.2 Å². The van der Waals surface area contributed by atoms with Crippen molar-refractivity contribution < 1.29 is 5.11 Å². The van der Waals surface area contributed by atoms with Gasteiger partial charge in [-0.1, -0.05) is 35.9 Å². The van der Waals surface area contributed by atoms with E-state index < -0.39 is 0 Å². The molecule has 0 bridgehead atoms. The predicted molar refractivity (Wildman–Crippen MR) is 65.2 cm³/mol. The van der Waals surface area contributed by atoms with Gasteiger partial charge in [0.1, 0.15) is 5.75 Å². The van der Waals surface area contributed by atoms with E-state index in [-0.39, 0.29) is 5.75 Å². The molecule has 0 unspecified atom stereocenters. The molecule has 2 heteroatoms. The van der Waals surface area contributed by atoms with Crippen LogP contribution in [-0.4, -0.2) is 5.11 Å². The first-order valence-electron chi connectivity index (χ1n) is 4.92. The van der Waals surface area contributed by atoms with Gasteiger partial charge < -0.3 is 5.11 Å². The predicted octanol–water partition coefficient (Wildman–Crippen LogP) is 4.02. The third-order valence-corrected chi connectivity index (χ3v) is 2.70. The molecule has 1 nitrogen and oxygen atoms in total. The first-order chi connectivity index (χ1) is 7.17. The molecular weight excluding hydrogens is 208 g/mol. The zero-order chi connectivity index (χ0) is 11.3. The highest BCUT2D eigenvalue weighted by Gasteiger charge is 2.02. The average Bonchev–Trinajstić information content (AvgIpc) is 2.27. The molecule has 80 valence electrons. The molecule has 0 saturated carbocycles. The molecule has 0 radical (unpaired) electrons. The molecule has 15 heavy (non-hydrogen) atoms. The molecule has 1 N–H and O–H groups in total. The summed E-state index contributed by atoms with van der Waals surface area (Å²) in [5.74, 6) is 0.290. The van der Waals surface area contributed by atoms with Crippen LogP contribution in [0.4, 0.5) is 0 Å². The zero-order valence-electron chi connectivity index (χ0n) is 9.00. The van der Waals surface area contributed by atoms with E-state index in [1.54, 1.807) is 12.1 Å². The van der Waals surface area contributed by atoms with E-state index in [0.29, 0.717) is 0 Å². The second-order valence-electron chi connectivity index (χ2n) is 3.29. The molecule has 0 aromatic heterocycles. The molecule has 1 aromatic rings. The SMILES string of the molecule is CC=C(Cl)C(=CC)Cc1ccc(O)cc1. The van der Waals surface area contributed by atoms with Gasteiger partial charge in [0.15, 0.2) is 0 Å². The van der Waals surface area contributed by atoms with E-state index >= 15 is 0 Å². The standard InChI is InChI=1S/C13H15ClO/c1-3-11(13(14)4-2)9-10-5-7-12(15)8-6-10/h3-8,15H,9H2,1-2H3. The quantitative estimate of drug-likeness (QED) is 0.766. The van der Waals surface area contributed by atoms with E-state index in [0.717, 1.165) is 22.6 Å².